The summed E-state index contributed by atoms with van der Waals surface area (Å²) in [5.41, 5.74) is 3.22. The third-order valence-electron chi connectivity index (χ3n) is 5.33. The summed E-state index contributed by atoms with van der Waals surface area (Å²) < 4.78 is 15.4. The van der Waals surface area contributed by atoms with Gasteiger partial charge >= 0.3 is 0 Å². The molecule has 2 N–H and O–H groups in total. The highest BCUT2D eigenvalue weighted by Gasteiger charge is 2.19. The Bertz CT molecular complexity index is 1570. The number of para-hydroxylation sites is 3. The summed E-state index contributed by atoms with van der Waals surface area (Å²) >= 11 is 1.13. The normalized spacial score (nSPS) is 11.2. The molecule has 0 aliphatic rings. The van der Waals surface area contributed by atoms with Gasteiger partial charge in [-0.05, 0) is 36.8 Å². The zero-order valence-electron chi connectivity index (χ0n) is 17.6. The van der Waals surface area contributed by atoms with E-state index in [2.05, 4.69) is 10.3 Å². The number of thioether (sulfide) groups is 1. The average molecular weight is 459 g/mol. The third-order valence-corrected chi connectivity index (χ3v) is 6.27. The fraction of sp³-hybridized carbons (Fsp3) is 0.0800. The third kappa shape index (κ3) is 3.89. The van der Waals surface area contributed by atoms with Crippen molar-refractivity contribution in [3.63, 3.8) is 0 Å². The molecule has 5 rings (SSSR count). The maximum Gasteiger partial charge on any atom is 0.283 e. The highest BCUT2D eigenvalue weighted by molar-refractivity contribution is 7.99. The van der Waals surface area contributed by atoms with Crippen molar-refractivity contribution < 1.29 is 9.18 Å². The van der Waals surface area contributed by atoms with Gasteiger partial charge in [-0.15, -0.1) is 0 Å². The van der Waals surface area contributed by atoms with Gasteiger partial charge < -0.3 is 10.3 Å². The van der Waals surface area contributed by atoms with E-state index in [1.807, 2.05) is 55.5 Å². The number of nitrogens with one attached hydrogen (secondary N) is 2. The monoisotopic (exact) mass is 458 g/mol. The van der Waals surface area contributed by atoms with E-state index in [9.17, 15) is 14.0 Å². The van der Waals surface area contributed by atoms with Crippen LogP contribution in [0.4, 0.5) is 10.1 Å². The standard InChI is InChI=1S/C25H19FN4O2S/c1-15-8-2-7-13-20(15)30-24(32)23-22(16-9-3-5-11-18(16)28-23)29-25(30)33-14-21(31)27-19-12-6-4-10-17(19)26/h2-13,28H,14H2,1H3,(H,27,31). The zero-order chi connectivity index (χ0) is 22.9. The molecule has 0 aliphatic heterocycles. The summed E-state index contributed by atoms with van der Waals surface area (Å²) in [6, 6.07) is 21.1. The summed E-state index contributed by atoms with van der Waals surface area (Å²) in [6.07, 6.45) is 0. The van der Waals surface area contributed by atoms with E-state index in [0.717, 1.165) is 28.2 Å². The number of anilines is 1. The van der Waals surface area contributed by atoms with Gasteiger partial charge in [0.1, 0.15) is 16.9 Å². The largest absolute Gasteiger partial charge is 0.349 e. The van der Waals surface area contributed by atoms with Gasteiger partial charge in [0.15, 0.2) is 5.16 Å². The molecule has 2 heterocycles. The van der Waals surface area contributed by atoms with Crippen molar-refractivity contribution in [3.05, 3.63) is 94.5 Å². The van der Waals surface area contributed by atoms with Gasteiger partial charge in [0.25, 0.3) is 5.56 Å². The fourth-order valence-electron chi connectivity index (χ4n) is 3.74. The molecule has 3 aromatic carbocycles. The fourth-order valence-corrected chi connectivity index (χ4v) is 4.54. The van der Waals surface area contributed by atoms with Gasteiger partial charge in [-0.1, -0.05) is 60.3 Å². The summed E-state index contributed by atoms with van der Waals surface area (Å²) in [5, 5.41) is 3.79. The lowest BCUT2D eigenvalue weighted by molar-refractivity contribution is -0.113. The molecule has 164 valence electrons. The first kappa shape index (κ1) is 21.0. The molecule has 0 radical (unpaired) electrons. The number of rotatable bonds is 5. The molecule has 0 bridgehead atoms. The van der Waals surface area contributed by atoms with Crippen molar-refractivity contribution >= 4 is 45.3 Å². The number of carbonyl (C=O) groups excluding carboxylic acids is 1. The molecule has 1 amide bonds. The molecule has 6 nitrogen and oxygen atoms in total. The van der Waals surface area contributed by atoms with Gasteiger partial charge in [-0.2, -0.15) is 0 Å². The Kier molecular flexibility index (Phi) is 5.43. The van der Waals surface area contributed by atoms with Crippen molar-refractivity contribution in [1.29, 1.82) is 0 Å². The van der Waals surface area contributed by atoms with Crippen molar-refractivity contribution in [2.24, 2.45) is 0 Å². The molecule has 0 aliphatic carbocycles. The van der Waals surface area contributed by atoms with Crippen LogP contribution in [0.1, 0.15) is 5.56 Å². The van der Waals surface area contributed by atoms with Gasteiger partial charge in [0, 0.05) is 10.9 Å². The molecule has 33 heavy (non-hydrogen) atoms. The smallest absolute Gasteiger partial charge is 0.283 e. The van der Waals surface area contributed by atoms with Crippen LogP contribution in [0.25, 0.3) is 27.6 Å². The van der Waals surface area contributed by atoms with Crippen LogP contribution >= 0.6 is 11.8 Å². The SMILES string of the molecule is Cc1ccccc1-n1c(SCC(=O)Nc2ccccc2F)nc2c([nH]c3ccccc32)c1=O. The summed E-state index contributed by atoms with van der Waals surface area (Å²) in [7, 11) is 0. The van der Waals surface area contributed by atoms with Gasteiger partial charge in [-0.3, -0.25) is 14.2 Å². The minimum Gasteiger partial charge on any atom is -0.349 e. The number of carbonyl (C=O) groups is 1. The van der Waals surface area contributed by atoms with Crippen LogP contribution in [0.15, 0.2) is 82.7 Å². The predicted octanol–water partition coefficient (Wildman–Crippen LogP) is 5.05. The molecule has 8 heteroatoms. The van der Waals surface area contributed by atoms with Crippen LogP contribution < -0.4 is 10.9 Å². The second kappa shape index (κ2) is 8.55. The molecular weight excluding hydrogens is 439 g/mol. The van der Waals surface area contributed by atoms with E-state index < -0.39 is 11.7 Å². The molecule has 0 fully saturated rings. The number of hydrogen-bond donors (Lipinski definition) is 2. The minimum atomic E-state index is -0.508. The van der Waals surface area contributed by atoms with Crippen molar-refractivity contribution in [2.75, 3.05) is 11.1 Å². The molecule has 0 saturated carbocycles. The number of aryl methyl sites for hydroxylation is 1. The van der Waals surface area contributed by atoms with E-state index in [1.54, 1.807) is 12.1 Å². The Morgan fingerprint density at radius 1 is 1.06 bits per heavy atom. The second-order valence-corrected chi connectivity index (χ2v) is 8.47. The van der Waals surface area contributed by atoms with E-state index in [1.165, 1.54) is 16.7 Å². The van der Waals surface area contributed by atoms with Crippen LogP contribution in [-0.4, -0.2) is 26.2 Å². The van der Waals surface area contributed by atoms with Crippen molar-refractivity contribution in [1.82, 2.24) is 14.5 Å². The quantitative estimate of drug-likeness (QED) is 0.286. The number of fused-ring (bicyclic) bond motifs is 3. The van der Waals surface area contributed by atoms with Crippen LogP contribution in [0.2, 0.25) is 0 Å². The first-order valence-corrected chi connectivity index (χ1v) is 11.3. The van der Waals surface area contributed by atoms with E-state index >= 15 is 0 Å². The Hall–Kier alpha value is -3.91. The maximum atomic E-state index is 13.9. The topological polar surface area (TPSA) is 79.8 Å². The highest BCUT2D eigenvalue weighted by Crippen LogP contribution is 2.27. The van der Waals surface area contributed by atoms with Gasteiger partial charge in [0.05, 0.1) is 17.1 Å². The van der Waals surface area contributed by atoms with Gasteiger partial charge in [-0.25, -0.2) is 9.37 Å². The number of nitrogens with zero attached hydrogens (tertiary/aromatic N) is 2. The van der Waals surface area contributed by atoms with E-state index in [0.29, 0.717) is 21.9 Å². The van der Waals surface area contributed by atoms with Crippen LogP contribution in [0.5, 0.6) is 0 Å². The molecule has 5 aromatic rings. The van der Waals surface area contributed by atoms with Crippen LogP contribution in [0, 0.1) is 12.7 Å². The molecule has 0 atom stereocenters. The Balaban J connectivity index is 1.59. The number of H-pyrrole nitrogens is 1. The lowest BCUT2D eigenvalue weighted by Gasteiger charge is -2.14. The maximum absolute atomic E-state index is 13.9. The summed E-state index contributed by atoms with van der Waals surface area (Å²) in [4.78, 5) is 34.1. The lowest BCUT2D eigenvalue weighted by atomic mass is 10.2. The van der Waals surface area contributed by atoms with Crippen molar-refractivity contribution in [3.8, 4) is 5.69 Å². The number of amides is 1. The van der Waals surface area contributed by atoms with Crippen LogP contribution in [0.3, 0.4) is 0 Å². The number of halogens is 1. The van der Waals surface area contributed by atoms with E-state index in [-0.39, 0.29) is 17.0 Å². The number of aromatic amines is 1. The summed E-state index contributed by atoms with van der Waals surface area (Å²) in [6.45, 7) is 1.91. The number of benzene rings is 3. The lowest BCUT2D eigenvalue weighted by Crippen LogP contribution is -2.23. The molecule has 0 unspecified atom stereocenters. The Morgan fingerprint density at radius 2 is 1.79 bits per heavy atom. The van der Waals surface area contributed by atoms with Gasteiger partial charge in [0.2, 0.25) is 5.91 Å². The predicted molar refractivity (Wildman–Crippen MR) is 130 cm³/mol. The van der Waals surface area contributed by atoms with E-state index in [4.69, 9.17) is 4.98 Å². The molecular formula is C25H19FN4O2S. The average Bonchev–Trinajstić information content (AvgIpc) is 3.19. The first-order chi connectivity index (χ1) is 16.0. The second-order valence-electron chi connectivity index (χ2n) is 7.53. The Labute approximate surface area is 192 Å². The number of hydrogen-bond acceptors (Lipinski definition) is 4. The minimum absolute atomic E-state index is 0.0412. The number of aromatic nitrogens is 3. The van der Waals surface area contributed by atoms with Crippen LogP contribution in [-0.2, 0) is 4.79 Å². The van der Waals surface area contributed by atoms with Crippen molar-refractivity contribution in [2.45, 2.75) is 12.1 Å². The highest BCUT2D eigenvalue weighted by atomic mass is 32.2. The summed E-state index contributed by atoms with van der Waals surface area (Å²) in [5.74, 6) is -0.943. The molecule has 2 aromatic heterocycles. The molecule has 0 saturated heterocycles. The first-order valence-electron chi connectivity index (χ1n) is 10.3. The molecule has 0 spiro atoms. The zero-order valence-corrected chi connectivity index (χ0v) is 18.4. The Morgan fingerprint density at radius 3 is 2.61 bits per heavy atom.